The van der Waals surface area contributed by atoms with Gasteiger partial charge in [-0.05, 0) is 12.1 Å². The Labute approximate surface area is 172 Å². The SMILES string of the molecule is O=C(O)C1=CN2c3c(cc(S(=O)(=O)O)c4ccccc34)N=C3C(F)=C(F)C=C(C1=O)C32. The number of aliphatic carboxylic acids is 1. The number of fused-ring (bicyclic) bond motifs is 4. The van der Waals surface area contributed by atoms with E-state index in [4.69, 9.17) is 0 Å². The summed E-state index contributed by atoms with van der Waals surface area (Å²) < 4.78 is 62.4. The van der Waals surface area contributed by atoms with Crippen LogP contribution in [0.5, 0.6) is 0 Å². The molecule has 156 valence electrons. The predicted octanol–water partition coefficient (Wildman–Crippen LogP) is 2.99. The maximum atomic E-state index is 14.6. The number of carbonyl (C=O) groups excluding carboxylic acids is 1. The van der Waals surface area contributed by atoms with Crippen LogP contribution in [-0.4, -0.2) is 41.6 Å². The second-order valence-corrected chi connectivity index (χ2v) is 8.40. The van der Waals surface area contributed by atoms with Crippen molar-refractivity contribution in [3.8, 4) is 0 Å². The highest BCUT2D eigenvalue weighted by molar-refractivity contribution is 7.86. The molecular formula is C20H10F2N2O6S. The molecule has 3 aliphatic rings. The number of Topliss-reactive ketones (excluding diaryl/α,β-unsaturated/α-hetero) is 1. The first-order valence-corrected chi connectivity index (χ1v) is 10.2. The number of carboxylic acids is 1. The molecule has 0 spiro atoms. The molecule has 0 saturated heterocycles. The largest absolute Gasteiger partial charge is 0.477 e. The van der Waals surface area contributed by atoms with Crippen molar-refractivity contribution in [3.05, 3.63) is 65.4 Å². The molecule has 0 saturated carbocycles. The Hall–Kier alpha value is -3.70. The number of anilines is 1. The summed E-state index contributed by atoms with van der Waals surface area (Å²) in [7, 11) is -4.71. The zero-order valence-corrected chi connectivity index (χ0v) is 16.0. The summed E-state index contributed by atoms with van der Waals surface area (Å²) in [6, 6.07) is 5.79. The Kier molecular flexibility index (Phi) is 3.83. The van der Waals surface area contributed by atoms with E-state index >= 15 is 0 Å². The van der Waals surface area contributed by atoms with Gasteiger partial charge < -0.3 is 10.0 Å². The number of benzene rings is 2. The fourth-order valence-corrected chi connectivity index (χ4v) is 4.75. The predicted molar refractivity (Wildman–Crippen MR) is 105 cm³/mol. The highest BCUT2D eigenvalue weighted by atomic mass is 32.2. The number of hydrogen-bond donors (Lipinski definition) is 2. The number of halogens is 2. The first-order valence-electron chi connectivity index (χ1n) is 8.77. The molecule has 2 aromatic carbocycles. The molecule has 0 fully saturated rings. The van der Waals surface area contributed by atoms with Crippen molar-refractivity contribution in [2.24, 2.45) is 4.99 Å². The van der Waals surface area contributed by atoms with E-state index in [1.807, 2.05) is 0 Å². The van der Waals surface area contributed by atoms with Gasteiger partial charge in [0.25, 0.3) is 10.1 Å². The lowest BCUT2D eigenvalue weighted by atomic mass is 9.83. The minimum atomic E-state index is -4.71. The zero-order chi connectivity index (χ0) is 22.2. The number of nitrogens with zero attached hydrogens (tertiary/aromatic N) is 2. The Morgan fingerprint density at radius 3 is 2.48 bits per heavy atom. The third-order valence-electron chi connectivity index (χ3n) is 5.29. The molecule has 5 rings (SSSR count). The first-order chi connectivity index (χ1) is 14.6. The van der Waals surface area contributed by atoms with E-state index in [1.54, 1.807) is 6.07 Å². The van der Waals surface area contributed by atoms with Crippen LogP contribution < -0.4 is 4.90 Å². The van der Waals surface area contributed by atoms with Gasteiger partial charge in [-0.2, -0.15) is 8.42 Å². The summed E-state index contributed by atoms with van der Waals surface area (Å²) in [4.78, 5) is 29.1. The molecule has 1 aliphatic carbocycles. The molecule has 1 unspecified atom stereocenters. The molecule has 31 heavy (non-hydrogen) atoms. The molecule has 0 aromatic heterocycles. The van der Waals surface area contributed by atoms with E-state index in [0.29, 0.717) is 6.08 Å². The Balaban J connectivity index is 1.96. The molecule has 2 aromatic rings. The van der Waals surface area contributed by atoms with Crippen LogP contribution >= 0.6 is 0 Å². The fourth-order valence-electron chi connectivity index (χ4n) is 4.04. The summed E-state index contributed by atoms with van der Waals surface area (Å²) >= 11 is 0. The second-order valence-electron chi connectivity index (χ2n) is 7.01. The van der Waals surface area contributed by atoms with Crippen LogP contribution in [0.4, 0.5) is 20.2 Å². The average Bonchev–Trinajstić information content (AvgIpc) is 2.71. The van der Waals surface area contributed by atoms with Gasteiger partial charge in [-0.3, -0.25) is 9.35 Å². The van der Waals surface area contributed by atoms with Gasteiger partial charge in [0.1, 0.15) is 22.2 Å². The molecule has 8 nitrogen and oxygen atoms in total. The number of ketones is 1. The van der Waals surface area contributed by atoms with Gasteiger partial charge in [0.05, 0.1) is 11.4 Å². The highest BCUT2D eigenvalue weighted by Gasteiger charge is 2.46. The van der Waals surface area contributed by atoms with Gasteiger partial charge >= 0.3 is 5.97 Å². The van der Waals surface area contributed by atoms with E-state index < -0.39 is 55.7 Å². The maximum Gasteiger partial charge on any atom is 0.341 e. The number of allylic oxidation sites excluding steroid dienone is 2. The van der Waals surface area contributed by atoms with E-state index in [9.17, 15) is 36.4 Å². The Bertz CT molecular complexity index is 1490. The molecule has 0 radical (unpaired) electrons. The van der Waals surface area contributed by atoms with E-state index in [2.05, 4.69) is 4.99 Å². The third-order valence-corrected chi connectivity index (χ3v) is 6.18. The van der Waals surface area contributed by atoms with E-state index in [1.165, 1.54) is 23.1 Å². The van der Waals surface area contributed by atoms with Gasteiger partial charge in [-0.25, -0.2) is 18.6 Å². The van der Waals surface area contributed by atoms with Crippen LogP contribution in [0.2, 0.25) is 0 Å². The number of hydrogen-bond acceptors (Lipinski definition) is 6. The minimum absolute atomic E-state index is 0.105. The summed E-state index contributed by atoms with van der Waals surface area (Å²) in [6.07, 6.45) is 1.64. The third kappa shape index (κ3) is 2.60. The minimum Gasteiger partial charge on any atom is -0.477 e. The summed E-state index contributed by atoms with van der Waals surface area (Å²) in [5.41, 5.74) is -1.45. The lowest BCUT2D eigenvalue weighted by Crippen LogP contribution is -2.49. The van der Waals surface area contributed by atoms with Crippen molar-refractivity contribution in [2.75, 3.05) is 4.90 Å². The van der Waals surface area contributed by atoms with Gasteiger partial charge in [0.15, 0.2) is 17.4 Å². The van der Waals surface area contributed by atoms with Gasteiger partial charge in [0, 0.05) is 22.5 Å². The first kappa shape index (κ1) is 19.3. The standard InChI is InChI=1S/C20H10F2N2O6S/c21-12-5-10-18-16(15(12)22)23-13-6-14(31(28,29)30)8-3-1-2-4-9(8)17(13)24(18)7-11(19(10)25)20(26)27/h1-7,18H,(H,26,27)(H,28,29,30). The number of carbonyl (C=O) groups is 2. The van der Waals surface area contributed by atoms with Crippen LogP contribution in [0.15, 0.2) is 75.3 Å². The molecule has 11 heteroatoms. The Morgan fingerprint density at radius 1 is 1.16 bits per heavy atom. The van der Waals surface area contributed by atoms with Gasteiger partial charge in [0.2, 0.25) is 0 Å². The van der Waals surface area contributed by atoms with Crippen molar-refractivity contribution in [3.63, 3.8) is 0 Å². The van der Waals surface area contributed by atoms with Crippen LogP contribution in [-0.2, 0) is 19.7 Å². The smallest absolute Gasteiger partial charge is 0.341 e. The molecule has 2 heterocycles. The normalized spacial score (nSPS) is 20.1. The molecule has 0 bridgehead atoms. The lowest BCUT2D eigenvalue weighted by Gasteiger charge is -2.41. The summed E-state index contributed by atoms with van der Waals surface area (Å²) in [5, 5.41) is 9.82. The quantitative estimate of drug-likeness (QED) is 0.539. The van der Waals surface area contributed by atoms with Crippen LogP contribution in [0, 0.1) is 0 Å². The molecule has 0 amide bonds. The number of rotatable bonds is 2. The molecular weight excluding hydrogens is 434 g/mol. The van der Waals surface area contributed by atoms with Crippen molar-refractivity contribution >= 4 is 49.7 Å². The fraction of sp³-hybridized carbons (Fsp3) is 0.0500. The monoisotopic (exact) mass is 444 g/mol. The van der Waals surface area contributed by atoms with Gasteiger partial charge in [-0.1, -0.05) is 24.3 Å². The highest BCUT2D eigenvalue weighted by Crippen LogP contribution is 2.48. The Morgan fingerprint density at radius 2 is 1.84 bits per heavy atom. The van der Waals surface area contributed by atoms with Crippen LogP contribution in [0.1, 0.15) is 0 Å². The van der Waals surface area contributed by atoms with Crippen molar-refractivity contribution < 1.29 is 36.4 Å². The topological polar surface area (TPSA) is 124 Å². The summed E-state index contributed by atoms with van der Waals surface area (Å²) in [6.45, 7) is 0. The van der Waals surface area contributed by atoms with Crippen molar-refractivity contribution in [1.29, 1.82) is 0 Å². The van der Waals surface area contributed by atoms with E-state index in [0.717, 1.165) is 12.3 Å². The number of carboxylic acid groups (broad SMARTS) is 1. The van der Waals surface area contributed by atoms with Crippen molar-refractivity contribution in [1.82, 2.24) is 0 Å². The zero-order valence-electron chi connectivity index (χ0n) is 15.2. The van der Waals surface area contributed by atoms with Crippen LogP contribution in [0.25, 0.3) is 10.8 Å². The average molecular weight is 444 g/mol. The van der Waals surface area contributed by atoms with E-state index in [-0.39, 0.29) is 27.7 Å². The number of aliphatic imine (C=N–C) groups is 1. The lowest BCUT2D eigenvalue weighted by molar-refractivity contribution is -0.134. The maximum absolute atomic E-state index is 14.6. The van der Waals surface area contributed by atoms with Crippen LogP contribution in [0.3, 0.4) is 0 Å². The van der Waals surface area contributed by atoms with Crippen molar-refractivity contribution in [2.45, 2.75) is 10.9 Å². The van der Waals surface area contributed by atoms with Gasteiger partial charge in [-0.15, -0.1) is 0 Å². The molecule has 2 aliphatic heterocycles. The summed E-state index contributed by atoms with van der Waals surface area (Å²) in [5.74, 6) is -5.30. The molecule has 1 atom stereocenters. The molecule has 2 N–H and O–H groups in total. The second kappa shape index (κ2) is 6.15.